The minimum absolute atomic E-state index is 0.350. The van der Waals surface area contributed by atoms with E-state index in [1.807, 2.05) is 5.51 Å². The molecule has 2 unspecified atom stereocenters. The average molecular weight is 253 g/mol. The molecule has 5 heteroatoms. The summed E-state index contributed by atoms with van der Waals surface area (Å²) in [5.41, 5.74) is 3.01. The van der Waals surface area contributed by atoms with E-state index in [-0.39, 0.29) is 0 Å². The summed E-state index contributed by atoms with van der Waals surface area (Å²) in [5.74, 6) is 0. The Kier molecular flexibility index (Phi) is 3.71. The van der Waals surface area contributed by atoms with Crippen LogP contribution in [0.15, 0.2) is 10.9 Å². The normalized spacial score (nSPS) is 29.4. The van der Waals surface area contributed by atoms with Crippen LogP contribution in [-0.4, -0.2) is 48.3 Å². The van der Waals surface area contributed by atoms with E-state index in [9.17, 15) is 0 Å². The Bertz CT molecular complexity index is 344. The second-order valence-corrected chi connectivity index (χ2v) is 5.58. The molecule has 1 N–H and O–H groups in total. The van der Waals surface area contributed by atoms with Crippen molar-refractivity contribution in [3.63, 3.8) is 0 Å². The molecule has 0 radical (unpaired) electrons. The molecule has 1 aromatic rings. The highest BCUT2D eigenvalue weighted by atomic mass is 32.1. The minimum Gasteiger partial charge on any atom is -0.374 e. The van der Waals surface area contributed by atoms with Crippen molar-refractivity contribution in [3.05, 3.63) is 16.6 Å². The summed E-state index contributed by atoms with van der Waals surface area (Å²) in [6, 6.07) is 0.699. The van der Waals surface area contributed by atoms with Crippen LogP contribution in [0.5, 0.6) is 0 Å². The first kappa shape index (κ1) is 11.6. The SMILES string of the molecule is c1nc(CNCC2CN3CCCC3CO2)cs1. The first-order valence-electron chi connectivity index (χ1n) is 6.35. The van der Waals surface area contributed by atoms with Crippen LogP contribution in [0.4, 0.5) is 0 Å². The number of nitrogens with zero attached hydrogens (tertiary/aromatic N) is 2. The zero-order valence-corrected chi connectivity index (χ0v) is 10.8. The Hall–Kier alpha value is -0.490. The zero-order valence-electron chi connectivity index (χ0n) is 9.97. The lowest BCUT2D eigenvalue weighted by Gasteiger charge is -2.35. The molecule has 0 amide bonds. The summed E-state index contributed by atoms with van der Waals surface area (Å²) in [4.78, 5) is 6.84. The summed E-state index contributed by atoms with van der Waals surface area (Å²) in [6.45, 7) is 5.06. The predicted molar refractivity (Wildman–Crippen MR) is 68.2 cm³/mol. The van der Waals surface area contributed by atoms with Gasteiger partial charge in [-0.1, -0.05) is 0 Å². The lowest BCUT2D eigenvalue weighted by atomic mass is 10.2. The quantitative estimate of drug-likeness (QED) is 0.872. The van der Waals surface area contributed by atoms with Gasteiger partial charge in [-0.05, 0) is 19.4 Å². The van der Waals surface area contributed by atoms with E-state index in [1.54, 1.807) is 11.3 Å². The third-order valence-electron chi connectivity index (χ3n) is 3.62. The van der Waals surface area contributed by atoms with Gasteiger partial charge in [0.15, 0.2) is 0 Å². The van der Waals surface area contributed by atoms with E-state index in [1.165, 1.54) is 19.4 Å². The van der Waals surface area contributed by atoms with Crippen LogP contribution < -0.4 is 5.32 Å². The lowest BCUT2D eigenvalue weighted by molar-refractivity contribution is -0.0470. The second-order valence-electron chi connectivity index (χ2n) is 4.86. The fraction of sp³-hybridized carbons (Fsp3) is 0.750. The summed E-state index contributed by atoms with van der Waals surface area (Å²) in [7, 11) is 0. The van der Waals surface area contributed by atoms with Crippen LogP contribution in [0, 0.1) is 0 Å². The molecule has 3 heterocycles. The van der Waals surface area contributed by atoms with Crippen molar-refractivity contribution < 1.29 is 4.74 Å². The maximum atomic E-state index is 5.89. The van der Waals surface area contributed by atoms with Crippen LogP contribution in [0.1, 0.15) is 18.5 Å². The van der Waals surface area contributed by atoms with E-state index >= 15 is 0 Å². The largest absolute Gasteiger partial charge is 0.374 e. The van der Waals surface area contributed by atoms with Crippen molar-refractivity contribution >= 4 is 11.3 Å². The summed E-state index contributed by atoms with van der Waals surface area (Å²) >= 11 is 1.65. The summed E-state index contributed by atoms with van der Waals surface area (Å²) in [5, 5.41) is 5.52. The number of nitrogens with one attached hydrogen (secondary N) is 1. The molecule has 0 bridgehead atoms. The molecule has 2 saturated heterocycles. The molecule has 1 aromatic heterocycles. The van der Waals surface area contributed by atoms with Gasteiger partial charge in [0, 0.05) is 31.1 Å². The van der Waals surface area contributed by atoms with Gasteiger partial charge in [0.2, 0.25) is 0 Å². The zero-order chi connectivity index (χ0) is 11.5. The topological polar surface area (TPSA) is 37.4 Å². The molecule has 2 fully saturated rings. The van der Waals surface area contributed by atoms with E-state index in [0.29, 0.717) is 12.1 Å². The highest BCUT2D eigenvalue weighted by Crippen LogP contribution is 2.22. The van der Waals surface area contributed by atoms with E-state index in [2.05, 4.69) is 20.6 Å². The molecular formula is C12H19N3OS. The monoisotopic (exact) mass is 253 g/mol. The van der Waals surface area contributed by atoms with Gasteiger partial charge in [0.1, 0.15) is 0 Å². The predicted octanol–water partition coefficient (Wildman–Crippen LogP) is 1.10. The van der Waals surface area contributed by atoms with E-state index < -0.39 is 0 Å². The van der Waals surface area contributed by atoms with E-state index in [0.717, 1.165) is 31.9 Å². The fourth-order valence-corrected chi connectivity index (χ4v) is 3.25. The van der Waals surface area contributed by atoms with Gasteiger partial charge < -0.3 is 10.1 Å². The Labute approximate surface area is 106 Å². The molecule has 0 spiro atoms. The van der Waals surface area contributed by atoms with Crippen molar-refractivity contribution in [1.82, 2.24) is 15.2 Å². The Balaban J connectivity index is 1.40. The smallest absolute Gasteiger partial charge is 0.0827 e. The fourth-order valence-electron chi connectivity index (χ4n) is 2.70. The van der Waals surface area contributed by atoms with Crippen molar-refractivity contribution in [2.75, 3.05) is 26.2 Å². The molecule has 2 aliphatic rings. The van der Waals surface area contributed by atoms with Crippen LogP contribution in [0.25, 0.3) is 0 Å². The number of thiazole rings is 1. The minimum atomic E-state index is 0.350. The first-order valence-corrected chi connectivity index (χ1v) is 7.29. The molecular weight excluding hydrogens is 234 g/mol. The molecule has 0 saturated carbocycles. The Morgan fingerprint density at radius 2 is 2.59 bits per heavy atom. The number of aromatic nitrogens is 1. The number of hydrogen-bond acceptors (Lipinski definition) is 5. The Morgan fingerprint density at radius 3 is 3.47 bits per heavy atom. The molecule has 94 valence electrons. The molecule has 4 nitrogen and oxygen atoms in total. The van der Waals surface area contributed by atoms with Gasteiger partial charge in [0.05, 0.1) is 23.9 Å². The van der Waals surface area contributed by atoms with Crippen molar-refractivity contribution in [2.24, 2.45) is 0 Å². The number of morpholine rings is 1. The van der Waals surface area contributed by atoms with Gasteiger partial charge in [-0.2, -0.15) is 0 Å². The van der Waals surface area contributed by atoms with Gasteiger partial charge in [-0.15, -0.1) is 11.3 Å². The molecule has 0 aliphatic carbocycles. The van der Waals surface area contributed by atoms with Gasteiger partial charge in [0.25, 0.3) is 0 Å². The first-order chi connectivity index (χ1) is 8.42. The van der Waals surface area contributed by atoms with Crippen LogP contribution in [0.2, 0.25) is 0 Å². The molecule has 17 heavy (non-hydrogen) atoms. The van der Waals surface area contributed by atoms with Crippen LogP contribution in [-0.2, 0) is 11.3 Å². The number of hydrogen-bond donors (Lipinski definition) is 1. The molecule has 0 aromatic carbocycles. The van der Waals surface area contributed by atoms with Crippen molar-refractivity contribution in [1.29, 1.82) is 0 Å². The van der Waals surface area contributed by atoms with Gasteiger partial charge in [-0.25, -0.2) is 4.98 Å². The maximum absolute atomic E-state index is 5.89. The molecule has 3 rings (SSSR count). The van der Waals surface area contributed by atoms with Crippen LogP contribution in [0.3, 0.4) is 0 Å². The van der Waals surface area contributed by atoms with Crippen molar-refractivity contribution in [3.8, 4) is 0 Å². The third-order valence-corrected chi connectivity index (χ3v) is 4.26. The highest BCUT2D eigenvalue weighted by molar-refractivity contribution is 7.07. The van der Waals surface area contributed by atoms with Gasteiger partial charge >= 0.3 is 0 Å². The summed E-state index contributed by atoms with van der Waals surface area (Å²) in [6.07, 6.45) is 3.01. The average Bonchev–Trinajstić information content (AvgIpc) is 2.98. The Morgan fingerprint density at radius 1 is 1.59 bits per heavy atom. The van der Waals surface area contributed by atoms with E-state index in [4.69, 9.17) is 4.74 Å². The van der Waals surface area contributed by atoms with Crippen LogP contribution >= 0.6 is 11.3 Å². The third kappa shape index (κ3) is 2.85. The number of fused-ring (bicyclic) bond motifs is 1. The maximum Gasteiger partial charge on any atom is 0.0827 e. The summed E-state index contributed by atoms with van der Waals surface area (Å²) < 4.78 is 5.89. The molecule has 2 atom stereocenters. The second kappa shape index (κ2) is 5.44. The van der Waals surface area contributed by atoms with Crippen molar-refractivity contribution in [2.45, 2.75) is 31.5 Å². The molecule has 2 aliphatic heterocycles. The number of rotatable bonds is 4. The standard InChI is InChI=1S/C12H19N3OS/c1-2-11-7-16-12(6-15(11)3-1)5-13-4-10-8-17-9-14-10/h8-9,11-13H,1-7H2. The lowest BCUT2D eigenvalue weighted by Crippen LogP contribution is -2.49. The number of ether oxygens (including phenoxy) is 1. The van der Waals surface area contributed by atoms with Gasteiger partial charge in [-0.3, -0.25) is 4.90 Å². The highest BCUT2D eigenvalue weighted by Gasteiger charge is 2.31.